The largest absolute Gasteiger partial charge is 0.493 e. The van der Waals surface area contributed by atoms with E-state index in [0.717, 1.165) is 16.7 Å². The van der Waals surface area contributed by atoms with Crippen LogP contribution in [-0.4, -0.2) is 29.8 Å². The first-order chi connectivity index (χ1) is 14.3. The van der Waals surface area contributed by atoms with E-state index in [1.165, 1.54) is 31.4 Å². The van der Waals surface area contributed by atoms with Crippen LogP contribution in [0.1, 0.15) is 11.1 Å². The summed E-state index contributed by atoms with van der Waals surface area (Å²) in [6.07, 6.45) is 6.78. The first kappa shape index (κ1) is 22.2. The molecule has 154 valence electrons. The lowest BCUT2D eigenvalue weighted by Crippen LogP contribution is -2.28. The molecule has 1 heterocycles. The number of carbonyl (C=O) groups excluding carboxylic acids is 2. The molecule has 0 spiro atoms. The summed E-state index contributed by atoms with van der Waals surface area (Å²) in [5, 5.41) is -0.390. The van der Waals surface area contributed by atoms with Crippen LogP contribution in [-0.2, 0) is 11.3 Å². The molecule has 3 rings (SSSR count). The van der Waals surface area contributed by atoms with Crippen LogP contribution in [0.2, 0.25) is 5.02 Å². The number of thioether (sulfide) groups is 1. The number of halogens is 3. The average Bonchev–Trinajstić information content (AvgIpc) is 2.96. The highest BCUT2D eigenvalue weighted by molar-refractivity contribution is 9.10. The van der Waals surface area contributed by atoms with E-state index < -0.39 is 17.0 Å². The number of nitrogens with zero attached hydrogens (tertiary/aromatic N) is 1. The molecule has 1 aliphatic heterocycles. The van der Waals surface area contributed by atoms with Gasteiger partial charge < -0.3 is 9.47 Å². The SMILES string of the molecule is C#CCOc1c(/C=C2/SC(=O)N(Cc3c(F)cccc3Cl)C2=O)cc(Br)cc1OC. The molecule has 9 heteroatoms. The van der Waals surface area contributed by atoms with Crippen LogP contribution < -0.4 is 9.47 Å². The summed E-state index contributed by atoms with van der Waals surface area (Å²) >= 11 is 10.1. The molecule has 0 bridgehead atoms. The lowest BCUT2D eigenvalue weighted by molar-refractivity contribution is -0.123. The summed E-state index contributed by atoms with van der Waals surface area (Å²) < 4.78 is 25.7. The van der Waals surface area contributed by atoms with Gasteiger partial charge in [-0.3, -0.25) is 14.5 Å². The fourth-order valence-electron chi connectivity index (χ4n) is 2.73. The van der Waals surface area contributed by atoms with Crippen molar-refractivity contribution in [1.82, 2.24) is 4.90 Å². The number of rotatable bonds is 6. The maximum atomic E-state index is 14.1. The second-order valence-corrected chi connectivity index (χ2v) is 8.30. The predicted octanol–water partition coefficient (Wildman–Crippen LogP) is 5.50. The van der Waals surface area contributed by atoms with E-state index in [9.17, 15) is 14.0 Å². The Balaban J connectivity index is 1.96. The molecule has 0 aliphatic carbocycles. The van der Waals surface area contributed by atoms with Gasteiger partial charge in [-0.2, -0.15) is 0 Å². The molecular formula is C21H14BrClFNO4S. The van der Waals surface area contributed by atoms with Crippen molar-refractivity contribution in [3.8, 4) is 23.8 Å². The lowest BCUT2D eigenvalue weighted by Gasteiger charge is -2.14. The monoisotopic (exact) mass is 509 g/mol. The van der Waals surface area contributed by atoms with Gasteiger partial charge in [0.15, 0.2) is 11.5 Å². The average molecular weight is 511 g/mol. The zero-order valence-electron chi connectivity index (χ0n) is 15.6. The van der Waals surface area contributed by atoms with Crippen LogP contribution in [0, 0.1) is 18.2 Å². The number of carbonyl (C=O) groups is 2. The number of ether oxygens (including phenoxy) is 2. The van der Waals surface area contributed by atoms with E-state index >= 15 is 0 Å². The number of amides is 2. The second-order valence-electron chi connectivity index (χ2n) is 5.99. The van der Waals surface area contributed by atoms with E-state index in [2.05, 4.69) is 21.9 Å². The highest BCUT2D eigenvalue weighted by Crippen LogP contribution is 2.40. The van der Waals surface area contributed by atoms with Gasteiger partial charge in [-0.25, -0.2) is 4.39 Å². The molecule has 0 saturated carbocycles. The second kappa shape index (κ2) is 9.56. The third kappa shape index (κ3) is 4.64. The summed E-state index contributed by atoms with van der Waals surface area (Å²) in [6.45, 7) is -0.276. The van der Waals surface area contributed by atoms with E-state index in [4.69, 9.17) is 27.5 Å². The van der Waals surface area contributed by atoms with Gasteiger partial charge in [0.1, 0.15) is 12.4 Å². The van der Waals surface area contributed by atoms with Crippen molar-refractivity contribution in [2.75, 3.05) is 13.7 Å². The highest BCUT2D eigenvalue weighted by Gasteiger charge is 2.36. The molecule has 5 nitrogen and oxygen atoms in total. The Bertz CT molecular complexity index is 1080. The van der Waals surface area contributed by atoms with Crippen LogP contribution in [0.25, 0.3) is 6.08 Å². The van der Waals surface area contributed by atoms with Crippen LogP contribution in [0.15, 0.2) is 39.7 Å². The Morgan fingerprint density at radius 3 is 2.80 bits per heavy atom. The minimum absolute atomic E-state index is 0.00784. The van der Waals surface area contributed by atoms with E-state index in [1.807, 2.05) is 0 Å². The minimum atomic E-state index is -0.591. The maximum absolute atomic E-state index is 14.1. The van der Waals surface area contributed by atoms with Gasteiger partial charge in [-0.15, -0.1) is 6.42 Å². The molecule has 0 aromatic heterocycles. The first-order valence-electron chi connectivity index (χ1n) is 8.47. The Morgan fingerprint density at radius 2 is 2.13 bits per heavy atom. The van der Waals surface area contributed by atoms with Gasteiger partial charge in [0.05, 0.1) is 18.6 Å². The molecule has 2 amide bonds. The molecule has 1 aliphatic rings. The molecule has 30 heavy (non-hydrogen) atoms. The predicted molar refractivity (Wildman–Crippen MR) is 118 cm³/mol. The molecule has 0 atom stereocenters. The number of imide groups is 1. The van der Waals surface area contributed by atoms with Crippen molar-refractivity contribution in [1.29, 1.82) is 0 Å². The zero-order valence-corrected chi connectivity index (χ0v) is 18.7. The summed E-state index contributed by atoms with van der Waals surface area (Å²) in [5.41, 5.74) is 0.566. The number of hydrogen-bond acceptors (Lipinski definition) is 5. The topological polar surface area (TPSA) is 55.8 Å². The highest BCUT2D eigenvalue weighted by atomic mass is 79.9. The third-order valence-corrected chi connectivity index (χ3v) is 5.83. The van der Waals surface area contributed by atoms with Crippen molar-refractivity contribution < 1.29 is 23.5 Å². The molecule has 2 aromatic rings. The van der Waals surface area contributed by atoms with E-state index in [-0.39, 0.29) is 28.6 Å². The summed E-state index contributed by atoms with van der Waals surface area (Å²) in [7, 11) is 1.47. The zero-order chi connectivity index (χ0) is 21.8. The quantitative estimate of drug-likeness (QED) is 0.379. The number of benzene rings is 2. The molecule has 1 fully saturated rings. The molecule has 2 aromatic carbocycles. The number of terminal acetylenes is 1. The van der Waals surface area contributed by atoms with Crippen molar-refractivity contribution in [3.63, 3.8) is 0 Å². The van der Waals surface area contributed by atoms with Crippen molar-refractivity contribution in [2.24, 2.45) is 0 Å². The Kier molecular flexibility index (Phi) is 7.08. The molecule has 0 N–H and O–H groups in total. The number of methoxy groups -OCH3 is 1. The van der Waals surface area contributed by atoms with Crippen molar-refractivity contribution in [3.05, 3.63) is 61.7 Å². The van der Waals surface area contributed by atoms with Crippen molar-refractivity contribution >= 4 is 56.5 Å². The van der Waals surface area contributed by atoms with Gasteiger partial charge in [0.2, 0.25) is 0 Å². The number of hydrogen-bond donors (Lipinski definition) is 0. The van der Waals surface area contributed by atoms with Crippen LogP contribution in [0.5, 0.6) is 11.5 Å². The molecule has 0 radical (unpaired) electrons. The lowest BCUT2D eigenvalue weighted by atomic mass is 10.1. The maximum Gasteiger partial charge on any atom is 0.293 e. The van der Waals surface area contributed by atoms with Gasteiger partial charge in [-0.05, 0) is 42.1 Å². The van der Waals surface area contributed by atoms with Crippen molar-refractivity contribution in [2.45, 2.75) is 6.54 Å². The van der Waals surface area contributed by atoms with Crippen LogP contribution >= 0.6 is 39.3 Å². The Labute approximate surface area is 190 Å². The third-order valence-electron chi connectivity index (χ3n) is 4.11. The normalized spacial score (nSPS) is 14.9. The standard InChI is InChI=1S/C21H14BrClFNO4S/c1-3-7-29-19-12(8-13(22)10-17(19)28-2)9-18-20(26)25(21(27)30-18)11-14-15(23)5-4-6-16(14)24/h1,4-6,8-10H,7,11H2,2H3/b18-9+. The fraction of sp³-hybridized carbons (Fsp3) is 0.143. The van der Waals surface area contributed by atoms with Crippen LogP contribution in [0.4, 0.5) is 9.18 Å². The minimum Gasteiger partial charge on any atom is -0.493 e. The van der Waals surface area contributed by atoms with E-state index in [0.29, 0.717) is 21.5 Å². The summed E-state index contributed by atoms with van der Waals surface area (Å²) in [5.74, 6) is 1.96. The van der Waals surface area contributed by atoms with Gasteiger partial charge in [0, 0.05) is 20.6 Å². The van der Waals surface area contributed by atoms with E-state index in [1.54, 1.807) is 12.1 Å². The molecule has 1 saturated heterocycles. The first-order valence-corrected chi connectivity index (χ1v) is 10.5. The summed E-state index contributed by atoms with van der Waals surface area (Å²) in [6, 6.07) is 7.56. The Morgan fingerprint density at radius 1 is 1.37 bits per heavy atom. The van der Waals surface area contributed by atoms with Gasteiger partial charge >= 0.3 is 0 Å². The van der Waals surface area contributed by atoms with Gasteiger partial charge in [0.25, 0.3) is 11.1 Å². The Hall–Kier alpha value is -2.47. The van der Waals surface area contributed by atoms with Crippen LogP contribution in [0.3, 0.4) is 0 Å². The van der Waals surface area contributed by atoms with Gasteiger partial charge in [-0.1, -0.05) is 39.5 Å². The molecular weight excluding hydrogens is 497 g/mol. The smallest absolute Gasteiger partial charge is 0.293 e. The fourth-order valence-corrected chi connectivity index (χ4v) is 4.24. The molecule has 0 unspecified atom stereocenters. The summed E-state index contributed by atoms with van der Waals surface area (Å²) in [4.78, 5) is 26.4.